The molecule has 0 aromatic rings. The van der Waals surface area contributed by atoms with Crippen LogP contribution in [0.15, 0.2) is 0 Å². The van der Waals surface area contributed by atoms with Crippen LogP contribution in [0.5, 0.6) is 0 Å². The summed E-state index contributed by atoms with van der Waals surface area (Å²) in [6.07, 6.45) is 5.46. The van der Waals surface area contributed by atoms with E-state index >= 15 is 0 Å². The number of likely N-dealkylation sites (tertiary alicyclic amines) is 1. The minimum atomic E-state index is 0.452. The maximum Gasteiger partial charge on any atom is 0.0153 e. The molecule has 2 rings (SSSR count). The van der Waals surface area contributed by atoms with Gasteiger partial charge in [-0.1, -0.05) is 6.92 Å². The van der Waals surface area contributed by atoms with Gasteiger partial charge < -0.3 is 5.32 Å². The van der Waals surface area contributed by atoms with Gasteiger partial charge in [-0.2, -0.15) is 0 Å². The van der Waals surface area contributed by atoms with Gasteiger partial charge in [0.2, 0.25) is 0 Å². The van der Waals surface area contributed by atoms with Crippen LogP contribution in [0, 0.1) is 5.41 Å². The molecule has 88 valence electrons. The third kappa shape index (κ3) is 2.54. The highest BCUT2D eigenvalue weighted by Gasteiger charge is 2.37. The largest absolute Gasteiger partial charge is 0.317 e. The molecule has 2 aliphatic rings. The van der Waals surface area contributed by atoms with Crippen molar-refractivity contribution in [2.45, 2.75) is 52.0 Å². The van der Waals surface area contributed by atoms with Crippen molar-refractivity contribution in [1.82, 2.24) is 10.2 Å². The van der Waals surface area contributed by atoms with Crippen LogP contribution in [-0.4, -0.2) is 36.6 Å². The van der Waals surface area contributed by atoms with Crippen molar-refractivity contribution in [1.29, 1.82) is 0 Å². The first-order chi connectivity index (χ1) is 7.02. The Morgan fingerprint density at radius 3 is 2.27 bits per heavy atom. The summed E-state index contributed by atoms with van der Waals surface area (Å²) in [4.78, 5) is 2.72. The third-order valence-corrected chi connectivity index (χ3v) is 4.46. The average Bonchev–Trinajstić information content (AvgIpc) is 2.46. The van der Waals surface area contributed by atoms with Crippen LogP contribution in [0.4, 0.5) is 0 Å². The van der Waals surface area contributed by atoms with Gasteiger partial charge in [0.15, 0.2) is 0 Å². The Labute approximate surface area is 94.4 Å². The molecule has 0 aliphatic carbocycles. The Morgan fingerprint density at radius 2 is 1.73 bits per heavy atom. The standard InChI is InChI=1S/C13H26N2/c1-12(2)5-4-10-15(12)11-13(3)6-8-14-9-7-13/h14H,4-11H2,1-3H3. The minimum Gasteiger partial charge on any atom is -0.317 e. The van der Waals surface area contributed by atoms with Gasteiger partial charge >= 0.3 is 0 Å². The van der Waals surface area contributed by atoms with E-state index in [2.05, 4.69) is 31.0 Å². The van der Waals surface area contributed by atoms with Crippen molar-refractivity contribution < 1.29 is 0 Å². The highest BCUT2D eigenvalue weighted by molar-refractivity contribution is 4.93. The fourth-order valence-electron chi connectivity index (χ4n) is 3.11. The number of hydrogen-bond donors (Lipinski definition) is 1. The molecular weight excluding hydrogens is 184 g/mol. The van der Waals surface area contributed by atoms with Gasteiger partial charge in [0, 0.05) is 12.1 Å². The number of nitrogens with one attached hydrogen (secondary N) is 1. The Morgan fingerprint density at radius 1 is 1.07 bits per heavy atom. The Balaban J connectivity index is 1.95. The van der Waals surface area contributed by atoms with Crippen molar-refractivity contribution in [2.24, 2.45) is 5.41 Å². The molecule has 2 heteroatoms. The molecule has 2 fully saturated rings. The molecule has 0 bridgehead atoms. The van der Waals surface area contributed by atoms with Crippen LogP contribution in [0.25, 0.3) is 0 Å². The number of nitrogens with zero attached hydrogens (tertiary/aromatic N) is 1. The first-order valence-corrected chi connectivity index (χ1v) is 6.48. The summed E-state index contributed by atoms with van der Waals surface area (Å²) in [5.74, 6) is 0. The fourth-order valence-corrected chi connectivity index (χ4v) is 3.11. The maximum atomic E-state index is 3.47. The van der Waals surface area contributed by atoms with E-state index in [1.165, 1.54) is 51.9 Å². The lowest BCUT2D eigenvalue weighted by atomic mass is 9.80. The molecule has 0 saturated carbocycles. The van der Waals surface area contributed by atoms with Gasteiger partial charge in [-0.25, -0.2) is 0 Å². The quantitative estimate of drug-likeness (QED) is 0.752. The zero-order valence-corrected chi connectivity index (χ0v) is 10.6. The Bertz CT molecular complexity index is 217. The van der Waals surface area contributed by atoms with Crippen molar-refractivity contribution in [3.8, 4) is 0 Å². The Kier molecular flexibility index (Phi) is 3.09. The monoisotopic (exact) mass is 210 g/mol. The normalized spacial score (nSPS) is 30.6. The molecule has 2 nitrogen and oxygen atoms in total. The molecular formula is C13H26N2. The van der Waals surface area contributed by atoms with E-state index < -0.39 is 0 Å². The molecule has 0 amide bonds. The van der Waals surface area contributed by atoms with Crippen LogP contribution in [0.3, 0.4) is 0 Å². The van der Waals surface area contributed by atoms with Crippen molar-refractivity contribution in [3.63, 3.8) is 0 Å². The van der Waals surface area contributed by atoms with Gasteiger partial charge in [-0.3, -0.25) is 4.90 Å². The van der Waals surface area contributed by atoms with E-state index in [0.717, 1.165) is 0 Å². The van der Waals surface area contributed by atoms with Crippen molar-refractivity contribution >= 4 is 0 Å². The first-order valence-electron chi connectivity index (χ1n) is 6.48. The summed E-state index contributed by atoms with van der Waals surface area (Å²) in [5, 5.41) is 3.47. The molecule has 0 unspecified atom stereocenters. The highest BCUT2D eigenvalue weighted by Crippen LogP contribution is 2.35. The van der Waals surface area contributed by atoms with E-state index in [4.69, 9.17) is 0 Å². The van der Waals surface area contributed by atoms with Crippen molar-refractivity contribution in [3.05, 3.63) is 0 Å². The summed E-state index contributed by atoms with van der Waals surface area (Å²) in [6.45, 7) is 12.3. The summed E-state index contributed by atoms with van der Waals surface area (Å²) in [5.41, 5.74) is 1.01. The molecule has 2 saturated heterocycles. The number of piperidine rings is 1. The smallest absolute Gasteiger partial charge is 0.0153 e. The highest BCUT2D eigenvalue weighted by atomic mass is 15.2. The maximum absolute atomic E-state index is 3.47. The molecule has 1 N–H and O–H groups in total. The van der Waals surface area contributed by atoms with Crippen molar-refractivity contribution in [2.75, 3.05) is 26.2 Å². The Hall–Kier alpha value is -0.0800. The van der Waals surface area contributed by atoms with Crippen LogP contribution in [0.1, 0.15) is 46.5 Å². The van der Waals surface area contributed by atoms with Gasteiger partial charge in [-0.15, -0.1) is 0 Å². The first kappa shape index (κ1) is 11.4. The van der Waals surface area contributed by atoms with E-state index in [1.807, 2.05) is 0 Å². The molecule has 15 heavy (non-hydrogen) atoms. The SMILES string of the molecule is CC1(CN2CCCC2(C)C)CCNCC1. The second-order valence-electron chi connectivity index (χ2n) is 6.40. The minimum absolute atomic E-state index is 0.452. The number of hydrogen-bond acceptors (Lipinski definition) is 2. The summed E-state index contributed by atoms with van der Waals surface area (Å²) in [6, 6.07) is 0. The zero-order valence-electron chi connectivity index (χ0n) is 10.6. The number of rotatable bonds is 2. The van der Waals surface area contributed by atoms with E-state index in [1.54, 1.807) is 0 Å². The molecule has 2 aliphatic heterocycles. The lowest BCUT2D eigenvalue weighted by molar-refractivity contribution is 0.0832. The molecule has 0 atom stereocenters. The lowest BCUT2D eigenvalue weighted by Crippen LogP contribution is -2.47. The topological polar surface area (TPSA) is 15.3 Å². The lowest BCUT2D eigenvalue weighted by Gasteiger charge is -2.42. The fraction of sp³-hybridized carbons (Fsp3) is 1.00. The van der Waals surface area contributed by atoms with Gasteiger partial charge in [0.05, 0.1) is 0 Å². The second-order valence-corrected chi connectivity index (χ2v) is 6.40. The predicted octanol–water partition coefficient (Wildman–Crippen LogP) is 2.25. The van der Waals surface area contributed by atoms with Gasteiger partial charge in [-0.05, 0) is 64.6 Å². The van der Waals surface area contributed by atoms with E-state index in [-0.39, 0.29) is 0 Å². The molecule has 0 spiro atoms. The van der Waals surface area contributed by atoms with Crippen LogP contribution < -0.4 is 5.32 Å². The average molecular weight is 210 g/mol. The third-order valence-electron chi connectivity index (χ3n) is 4.46. The van der Waals surface area contributed by atoms with Crippen LogP contribution in [-0.2, 0) is 0 Å². The molecule has 2 heterocycles. The van der Waals surface area contributed by atoms with E-state index in [9.17, 15) is 0 Å². The molecule has 0 aromatic carbocycles. The summed E-state index contributed by atoms with van der Waals surface area (Å²) < 4.78 is 0. The molecule has 0 radical (unpaired) electrons. The summed E-state index contributed by atoms with van der Waals surface area (Å²) in [7, 11) is 0. The summed E-state index contributed by atoms with van der Waals surface area (Å²) >= 11 is 0. The van der Waals surface area contributed by atoms with E-state index in [0.29, 0.717) is 11.0 Å². The van der Waals surface area contributed by atoms with Crippen LogP contribution >= 0.6 is 0 Å². The van der Waals surface area contributed by atoms with Crippen LogP contribution in [0.2, 0.25) is 0 Å². The van der Waals surface area contributed by atoms with Gasteiger partial charge in [0.1, 0.15) is 0 Å². The predicted molar refractivity (Wildman–Crippen MR) is 65.1 cm³/mol. The second kappa shape index (κ2) is 4.06. The van der Waals surface area contributed by atoms with Gasteiger partial charge in [0.25, 0.3) is 0 Å². The zero-order chi connectivity index (χ0) is 10.9. The molecule has 0 aromatic heterocycles.